The maximum atomic E-state index is 12.3. The van der Waals surface area contributed by atoms with Crippen molar-refractivity contribution < 1.29 is 14.7 Å². The predicted octanol–water partition coefficient (Wildman–Crippen LogP) is 1.33. The van der Waals surface area contributed by atoms with Crippen LogP contribution in [0.5, 0.6) is 0 Å². The number of rotatable bonds is 5. The number of carboxylic acid groups (broad SMARTS) is 1. The van der Waals surface area contributed by atoms with Gasteiger partial charge in [-0.05, 0) is 25.7 Å². The van der Waals surface area contributed by atoms with Gasteiger partial charge in [-0.2, -0.15) is 0 Å². The molecule has 0 aromatic rings. The Labute approximate surface area is 114 Å². The SMILES string of the molecule is O=C(O)CN(CC(=O)N1CCCCCCC1)C1CC1. The van der Waals surface area contributed by atoms with Gasteiger partial charge in [-0.25, -0.2) is 0 Å². The van der Waals surface area contributed by atoms with Crippen LogP contribution in [0.2, 0.25) is 0 Å². The second-order valence-corrected chi connectivity index (χ2v) is 5.68. The number of hydrogen-bond donors (Lipinski definition) is 1. The van der Waals surface area contributed by atoms with E-state index in [9.17, 15) is 9.59 Å². The van der Waals surface area contributed by atoms with Gasteiger partial charge in [0.1, 0.15) is 0 Å². The number of likely N-dealkylation sites (tertiary alicyclic amines) is 1. The second-order valence-electron chi connectivity index (χ2n) is 5.68. The molecule has 2 aliphatic rings. The van der Waals surface area contributed by atoms with Crippen molar-refractivity contribution in [2.24, 2.45) is 0 Å². The normalized spacial score (nSPS) is 21.0. The summed E-state index contributed by atoms with van der Waals surface area (Å²) in [7, 11) is 0. The molecule has 0 bridgehead atoms. The molecule has 19 heavy (non-hydrogen) atoms. The van der Waals surface area contributed by atoms with Gasteiger partial charge in [-0.15, -0.1) is 0 Å². The van der Waals surface area contributed by atoms with Gasteiger partial charge in [0.25, 0.3) is 0 Å². The van der Waals surface area contributed by atoms with Crippen LogP contribution >= 0.6 is 0 Å². The Morgan fingerprint density at radius 1 is 1.00 bits per heavy atom. The van der Waals surface area contributed by atoms with Crippen molar-refractivity contribution in [3.8, 4) is 0 Å². The van der Waals surface area contributed by atoms with Crippen molar-refractivity contribution in [1.29, 1.82) is 0 Å². The third-order valence-corrected chi connectivity index (χ3v) is 3.95. The van der Waals surface area contributed by atoms with Gasteiger partial charge in [-0.1, -0.05) is 19.3 Å². The molecule has 108 valence electrons. The van der Waals surface area contributed by atoms with E-state index in [4.69, 9.17) is 5.11 Å². The summed E-state index contributed by atoms with van der Waals surface area (Å²) in [6, 6.07) is 0.315. The maximum absolute atomic E-state index is 12.3. The van der Waals surface area contributed by atoms with E-state index in [0.717, 1.165) is 38.8 Å². The molecule has 0 unspecified atom stereocenters. The van der Waals surface area contributed by atoms with Crippen molar-refractivity contribution in [3.63, 3.8) is 0 Å². The highest BCUT2D eigenvalue weighted by atomic mass is 16.4. The molecule has 1 amide bonds. The first-order valence-corrected chi connectivity index (χ1v) is 7.40. The summed E-state index contributed by atoms with van der Waals surface area (Å²) in [5, 5.41) is 8.90. The highest BCUT2D eigenvalue weighted by molar-refractivity contribution is 5.79. The highest BCUT2D eigenvalue weighted by Crippen LogP contribution is 2.26. The highest BCUT2D eigenvalue weighted by Gasteiger charge is 2.32. The van der Waals surface area contributed by atoms with E-state index >= 15 is 0 Å². The van der Waals surface area contributed by atoms with Crippen molar-refractivity contribution >= 4 is 11.9 Å². The summed E-state index contributed by atoms with van der Waals surface area (Å²) in [5.74, 6) is -0.734. The number of aliphatic carboxylic acids is 1. The zero-order chi connectivity index (χ0) is 13.7. The van der Waals surface area contributed by atoms with Crippen LogP contribution in [-0.2, 0) is 9.59 Å². The third kappa shape index (κ3) is 4.82. The number of nitrogens with zero attached hydrogens (tertiary/aromatic N) is 2. The van der Waals surface area contributed by atoms with E-state index in [1.54, 1.807) is 0 Å². The lowest BCUT2D eigenvalue weighted by Gasteiger charge is -2.28. The monoisotopic (exact) mass is 268 g/mol. The first-order chi connectivity index (χ1) is 9.16. The molecule has 0 spiro atoms. The number of carbonyl (C=O) groups is 2. The molecule has 1 saturated heterocycles. The minimum atomic E-state index is -0.840. The van der Waals surface area contributed by atoms with Crippen LogP contribution in [0.15, 0.2) is 0 Å². The second kappa shape index (κ2) is 6.89. The molecule has 1 saturated carbocycles. The smallest absolute Gasteiger partial charge is 0.317 e. The fraction of sp³-hybridized carbons (Fsp3) is 0.857. The first-order valence-electron chi connectivity index (χ1n) is 7.40. The van der Waals surface area contributed by atoms with Crippen LogP contribution in [-0.4, -0.2) is 59.0 Å². The van der Waals surface area contributed by atoms with E-state index in [-0.39, 0.29) is 19.0 Å². The van der Waals surface area contributed by atoms with Gasteiger partial charge in [0.15, 0.2) is 0 Å². The predicted molar refractivity (Wildman–Crippen MR) is 71.9 cm³/mol. The summed E-state index contributed by atoms with van der Waals surface area (Å²) in [4.78, 5) is 26.9. The summed E-state index contributed by atoms with van der Waals surface area (Å²) in [6.07, 6.45) is 7.88. The summed E-state index contributed by atoms with van der Waals surface area (Å²) >= 11 is 0. The Kier molecular flexibility index (Phi) is 5.19. The van der Waals surface area contributed by atoms with Gasteiger partial charge in [-0.3, -0.25) is 14.5 Å². The maximum Gasteiger partial charge on any atom is 0.317 e. The topological polar surface area (TPSA) is 60.9 Å². The van der Waals surface area contributed by atoms with Crippen molar-refractivity contribution in [2.45, 2.75) is 51.0 Å². The number of hydrogen-bond acceptors (Lipinski definition) is 3. The van der Waals surface area contributed by atoms with Crippen LogP contribution in [0, 0.1) is 0 Å². The quantitative estimate of drug-likeness (QED) is 0.817. The average molecular weight is 268 g/mol. The molecule has 2 rings (SSSR count). The zero-order valence-corrected chi connectivity index (χ0v) is 11.5. The van der Waals surface area contributed by atoms with E-state index in [2.05, 4.69) is 0 Å². The summed E-state index contributed by atoms with van der Waals surface area (Å²) < 4.78 is 0. The number of amides is 1. The molecule has 0 atom stereocenters. The Morgan fingerprint density at radius 3 is 2.11 bits per heavy atom. The standard InChI is InChI=1S/C14H24N2O3/c17-13(15-8-4-2-1-3-5-9-15)10-16(11-14(18)19)12-6-7-12/h12H,1-11H2,(H,18,19). The van der Waals surface area contributed by atoms with Crippen LogP contribution in [0.1, 0.15) is 44.9 Å². The van der Waals surface area contributed by atoms with Gasteiger partial charge in [0.05, 0.1) is 13.1 Å². The van der Waals surface area contributed by atoms with Gasteiger partial charge in [0, 0.05) is 19.1 Å². The molecular weight excluding hydrogens is 244 g/mol. The average Bonchev–Trinajstić information content (AvgIpc) is 3.10. The third-order valence-electron chi connectivity index (χ3n) is 3.95. The molecule has 0 radical (unpaired) electrons. The Hall–Kier alpha value is -1.10. The molecule has 1 aliphatic heterocycles. The van der Waals surface area contributed by atoms with E-state index < -0.39 is 5.97 Å². The lowest BCUT2D eigenvalue weighted by atomic mass is 10.1. The Morgan fingerprint density at radius 2 is 1.58 bits per heavy atom. The fourth-order valence-corrected chi connectivity index (χ4v) is 2.70. The van der Waals surface area contributed by atoms with E-state index in [1.807, 2.05) is 9.80 Å². The molecule has 0 aromatic carbocycles. The van der Waals surface area contributed by atoms with Gasteiger partial charge in [0.2, 0.25) is 5.91 Å². The number of carboxylic acids is 1. The molecular formula is C14H24N2O3. The van der Waals surface area contributed by atoms with Crippen LogP contribution in [0.3, 0.4) is 0 Å². The van der Waals surface area contributed by atoms with Gasteiger partial charge < -0.3 is 10.0 Å². The molecule has 0 aromatic heterocycles. The van der Waals surface area contributed by atoms with Crippen LogP contribution in [0.25, 0.3) is 0 Å². The fourth-order valence-electron chi connectivity index (χ4n) is 2.70. The number of carbonyl (C=O) groups excluding carboxylic acids is 1. The lowest BCUT2D eigenvalue weighted by Crippen LogP contribution is -2.44. The lowest BCUT2D eigenvalue weighted by molar-refractivity contribution is -0.140. The van der Waals surface area contributed by atoms with E-state index in [0.29, 0.717) is 6.04 Å². The van der Waals surface area contributed by atoms with Crippen molar-refractivity contribution in [1.82, 2.24) is 9.80 Å². The summed E-state index contributed by atoms with van der Waals surface area (Å²) in [6.45, 7) is 1.94. The van der Waals surface area contributed by atoms with Crippen LogP contribution in [0.4, 0.5) is 0 Å². The molecule has 1 aliphatic carbocycles. The minimum absolute atomic E-state index is 0.00968. The minimum Gasteiger partial charge on any atom is -0.480 e. The van der Waals surface area contributed by atoms with E-state index in [1.165, 1.54) is 19.3 Å². The Bertz CT molecular complexity index is 321. The van der Waals surface area contributed by atoms with Crippen molar-refractivity contribution in [2.75, 3.05) is 26.2 Å². The molecule has 5 heteroatoms. The van der Waals surface area contributed by atoms with Gasteiger partial charge >= 0.3 is 5.97 Å². The molecule has 1 N–H and O–H groups in total. The zero-order valence-electron chi connectivity index (χ0n) is 11.5. The Balaban J connectivity index is 1.84. The molecule has 2 fully saturated rings. The largest absolute Gasteiger partial charge is 0.480 e. The summed E-state index contributed by atoms with van der Waals surface area (Å²) in [5.41, 5.74) is 0. The van der Waals surface area contributed by atoms with Crippen LogP contribution < -0.4 is 0 Å². The molecule has 1 heterocycles. The first kappa shape index (κ1) is 14.3. The molecule has 5 nitrogen and oxygen atoms in total. The van der Waals surface area contributed by atoms with Crippen molar-refractivity contribution in [3.05, 3.63) is 0 Å².